The minimum atomic E-state index is -4.50. The number of nitrogens with zero attached hydrogens (tertiary/aromatic N) is 1. The molecule has 5 nitrogen and oxygen atoms in total. The highest BCUT2D eigenvalue weighted by atomic mass is 19.4. The zero-order valence-corrected chi connectivity index (χ0v) is 10.3. The van der Waals surface area contributed by atoms with E-state index in [0.717, 1.165) is 18.6 Å². The number of alkyl halides is 3. The first-order valence-corrected chi connectivity index (χ1v) is 5.68. The largest absolute Gasteiger partial charge is 0.416 e. The van der Waals surface area contributed by atoms with Crippen molar-refractivity contribution >= 4 is 17.5 Å². The molecule has 1 heterocycles. The first kappa shape index (κ1) is 15.1. The van der Waals surface area contributed by atoms with Crippen LogP contribution in [0.25, 0.3) is 0 Å². The second-order valence-corrected chi connectivity index (χ2v) is 3.87. The van der Waals surface area contributed by atoms with Gasteiger partial charge in [-0.05, 0) is 18.6 Å². The molecule has 106 valence electrons. The van der Waals surface area contributed by atoms with Crippen molar-refractivity contribution < 1.29 is 18.0 Å². The molecule has 4 N–H and O–H groups in total. The van der Waals surface area contributed by atoms with E-state index in [1.54, 1.807) is 0 Å². The Morgan fingerprint density at radius 2 is 2.11 bits per heavy atom. The fourth-order valence-corrected chi connectivity index (χ4v) is 1.30. The van der Waals surface area contributed by atoms with Gasteiger partial charge in [0.05, 0.1) is 12.1 Å². The predicted molar refractivity (Wildman–Crippen MR) is 65.4 cm³/mol. The normalized spacial score (nSPS) is 11.2. The van der Waals surface area contributed by atoms with E-state index in [0.29, 0.717) is 6.54 Å². The first-order chi connectivity index (χ1) is 8.82. The maximum absolute atomic E-state index is 12.5. The molecule has 1 aromatic rings. The van der Waals surface area contributed by atoms with Crippen LogP contribution in [0.15, 0.2) is 12.1 Å². The van der Waals surface area contributed by atoms with E-state index in [-0.39, 0.29) is 24.1 Å². The van der Waals surface area contributed by atoms with Crippen LogP contribution >= 0.6 is 0 Å². The van der Waals surface area contributed by atoms with Gasteiger partial charge in [-0.3, -0.25) is 4.79 Å². The van der Waals surface area contributed by atoms with Gasteiger partial charge in [-0.1, -0.05) is 6.92 Å². The third-order valence-corrected chi connectivity index (χ3v) is 2.17. The van der Waals surface area contributed by atoms with E-state index in [1.807, 2.05) is 6.92 Å². The number of halogens is 3. The molecule has 0 aromatic carbocycles. The van der Waals surface area contributed by atoms with Crippen molar-refractivity contribution in [2.45, 2.75) is 19.5 Å². The highest BCUT2D eigenvalue weighted by molar-refractivity contribution is 5.80. The molecule has 0 fully saturated rings. The van der Waals surface area contributed by atoms with Crippen molar-refractivity contribution in [3.05, 3.63) is 17.7 Å². The Morgan fingerprint density at radius 1 is 1.42 bits per heavy atom. The summed E-state index contributed by atoms with van der Waals surface area (Å²) in [5, 5.41) is 5.08. The summed E-state index contributed by atoms with van der Waals surface area (Å²) in [5.74, 6) is -0.662. The van der Waals surface area contributed by atoms with Gasteiger partial charge in [-0.15, -0.1) is 0 Å². The summed E-state index contributed by atoms with van der Waals surface area (Å²) in [6.45, 7) is 2.25. The lowest BCUT2D eigenvalue weighted by Gasteiger charge is -2.11. The molecule has 19 heavy (non-hydrogen) atoms. The molecule has 8 heteroatoms. The SMILES string of the molecule is CCCNC(=O)CNc1cc(C(F)(F)F)cc(N)n1. The third-order valence-electron chi connectivity index (χ3n) is 2.17. The van der Waals surface area contributed by atoms with Gasteiger partial charge in [-0.25, -0.2) is 4.98 Å². The fourth-order valence-electron chi connectivity index (χ4n) is 1.30. The predicted octanol–water partition coefficient (Wildman–Crippen LogP) is 1.62. The van der Waals surface area contributed by atoms with Crippen molar-refractivity contribution in [1.29, 1.82) is 0 Å². The van der Waals surface area contributed by atoms with Gasteiger partial charge < -0.3 is 16.4 Å². The average Bonchev–Trinajstić information content (AvgIpc) is 2.32. The smallest absolute Gasteiger partial charge is 0.384 e. The molecule has 0 aliphatic heterocycles. The van der Waals surface area contributed by atoms with E-state index in [4.69, 9.17) is 5.73 Å². The highest BCUT2D eigenvalue weighted by Gasteiger charge is 2.31. The number of anilines is 2. The summed E-state index contributed by atoms with van der Waals surface area (Å²) >= 11 is 0. The number of hydrogen-bond acceptors (Lipinski definition) is 4. The second-order valence-electron chi connectivity index (χ2n) is 3.87. The lowest BCUT2D eigenvalue weighted by molar-refractivity contribution is -0.137. The molecule has 1 rings (SSSR count). The standard InChI is InChI=1S/C11H15F3N4O/c1-2-3-16-10(19)6-17-9-5-7(11(12,13)14)4-8(15)18-9/h4-5H,2-3,6H2,1H3,(H,16,19)(H3,15,17,18). The molecule has 1 aromatic heterocycles. The molecular formula is C11H15F3N4O. The Balaban J connectivity index is 2.69. The molecule has 0 bridgehead atoms. The number of nitrogen functional groups attached to an aromatic ring is 1. The van der Waals surface area contributed by atoms with Crippen LogP contribution in [0.1, 0.15) is 18.9 Å². The zero-order valence-electron chi connectivity index (χ0n) is 10.3. The van der Waals surface area contributed by atoms with E-state index >= 15 is 0 Å². The number of nitrogens with two attached hydrogens (primary N) is 1. The third kappa shape index (κ3) is 5.02. The van der Waals surface area contributed by atoms with Gasteiger partial charge in [0.15, 0.2) is 0 Å². The van der Waals surface area contributed by atoms with Crippen LogP contribution < -0.4 is 16.4 Å². The van der Waals surface area contributed by atoms with Gasteiger partial charge >= 0.3 is 6.18 Å². The van der Waals surface area contributed by atoms with Crippen molar-refractivity contribution in [3.8, 4) is 0 Å². The number of aromatic nitrogens is 1. The molecule has 0 spiro atoms. The van der Waals surface area contributed by atoms with Gasteiger partial charge in [0.1, 0.15) is 11.6 Å². The van der Waals surface area contributed by atoms with E-state index < -0.39 is 11.7 Å². The van der Waals surface area contributed by atoms with Crippen molar-refractivity contribution in [2.75, 3.05) is 24.1 Å². The molecule has 0 aliphatic carbocycles. The minimum Gasteiger partial charge on any atom is -0.384 e. The minimum absolute atomic E-state index is 0.0843. The lowest BCUT2D eigenvalue weighted by atomic mass is 10.2. The lowest BCUT2D eigenvalue weighted by Crippen LogP contribution is -2.30. The van der Waals surface area contributed by atoms with E-state index in [1.165, 1.54) is 0 Å². The Kier molecular flexibility index (Phi) is 4.96. The molecule has 1 amide bonds. The fraction of sp³-hybridized carbons (Fsp3) is 0.455. The number of pyridine rings is 1. The van der Waals surface area contributed by atoms with Crippen molar-refractivity contribution in [1.82, 2.24) is 10.3 Å². The van der Waals surface area contributed by atoms with Crippen LogP contribution in [0, 0.1) is 0 Å². The van der Waals surface area contributed by atoms with E-state index in [2.05, 4.69) is 15.6 Å². The number of carbonyl (C=O) groups excluding carboxylic acids is 1. The second kappa shape index (κ2) is 6.26. The summed E-state index contributed by atoms with van der Waals surface area (Å²) in [6, 6.07) is 1.55. The number of rotatable bonds is 5. The monoisotopic (exact) mass is 276 g/mol. The van der Waals surface area contributed by atoms with Gasteiger partial charge in [-0.2, -0.15) is 13.2 Å². The molecule has 0 atom stereocenters. The van der Waals surface area contributed by atoms with Gasteiger partial charge in [0, 0.05) is 6.54 Å². The van der Waals surface area contributed by atoms with Crippen LogP contribution in [0.2, 0.25) is 0 Å². The quantitative estimate of drug-likeness (QED) is 0.763. The van der Waals surface area contributed by atoms with Crippen LogP contribution in [-0.2, 0) is 11.0 Å². The maximum atomic E-state index is 12.5. The molecule has 0 saturated carbocycles. The average molecular weight is 276 g/mol. The molecular weight excluding hydrogens is 261 g/mol. The summed E-state index contributed by atoms with van der Waals surface area (Å²) in [7, 11) is 0. The first-order valence-electron chi connectivity index (χ1n) is 5.68. The van der Waals surface area contributed by atoms with Gasteiger partial charge in [0.25, 0.3) is 0 Å². The van der Waals surface area contributed by atoms with Crippen LogP contribution in [-0.4, -0.2) is 24.0 Å². The summed E-state index contributed by atoms with van der Waals surface area (Å²) in [6.07, 6.45) is -3.72. The molecule has 0 aliphatic rings. The van der Waals surface area contributed by atoms with Gasteiger partial charge in [0.2, 0.25) is 5.91 Å². The Morgan fingerprint density at radius 3 is 2.68 bits per heavy atom. The Bertz CT molecular complexity index is 448. The van der Waals surface area contributed by atoms with Crippen molar-refractivity contribution in [2.24, 2.45) is 0 Å². The van der Waals surface area contributed by atoms with Crippen LogP contribution in [0.5, 0.6) is 0 Å². The molecule has 0 saturated heterocycles. The Hall–Kier alpha value is -1.99. The van der Waals surface area contributed by atoms with E-state index in [9.17, 15) is 18.0 Å². The number of nitrogens with one attached hydrogen (secondary N) is 2. The summed E-state index contributed by atoms with van der Waals surface area (Å²) < 4.78 is 37.6. The number of hydrogen-bond donors (Lipinski definition) is 3. The number of carbonyl (C=O) groups is 1. The maximum Gasteiger partial charge on any atom is 0.416 e. The summed E-state index contributed by atoms with van der Waals surface area (Å²) in [4.78, 5) is 15.0. The number of amides is 1. The van der Waals surface area contributed by atoms with Crippen LogP contribution in [0.3, 0.4) is 0 Å². The zero-order chi connectivity index (χ0) is 14.5. The molecule has 0 radical (unpaired) electrons. The van der Waals surface area contributed by atoms with Crippen molar-refractivity contribution in [3.63, 3.8) is 0 Å². The topological polar surface area (TPSA) is 80.0 Å². The van der Waals surface area contributed by atoms with Crippen LogP contribution in [0.4, 0.5) is 24.8 Å². The summed E-state index contributed by atoms with van der Waals surface area (Å²) in [5.41, 5.74) is 4.38. The highest BCUT2D eigenvalue weighted by Crippen LogP contribution is 2.31. The Labute approximate surface area is 108 Å². The molecule has 0 unspecified atom stereocenters.